The maximum Gasteiger partial charge on any atom is 0.340 e. The van der Waals surface area contributed by atoms with Gasteiger partial charge in [-0.05, 0) is 41.1 Å². The number of amides is 3. The van der Waals surface area contributed by atoms with Gasteiger partial charge in [0, 0.05) is 11.5 Å². The fraction of sp³-hybridized carbons (Fsp3) is 0.250. The molecule has 2 N–H and O–H groups in total. The van der Waals surface area contributed by atoms with Crippen LogP contribution in [-0.4, -0.2) is 31.1 Å². The summed E-state index contributed by atoms with van der Waals surface area (Å²) in [6.45, 7) is 1.30. The molecule has 0 heterocycles. The molecule has 20 heavy (non-hydrogen) atoms. The average Bonchev–Trinajstić information content (AvgIpc) is 2.40. The van der Waals surface area contributed by atoms with Crippen LogP contribution in [0, 0.1) is 5.82 Å². The van der Waals surface area contributed by atoms with Crippen LogP contribution in [0.5, 0.6) is 0 Å². The summed E-state index contributed by atoms with van der Waals surface area (Å²) in [6.07, 6.45) is -1.20. The number of urea groups is 1. The Bertz CT molecular complexity index is 550. The van der Waals surface area contributed by atoms with Crippen LogP contribution in [-0.2, 0) is 9.53 Å². The Morgan fingerprint density at radius 3 is 2.60 bits per heavy atom. The molecule has 3 amide bonds. The summed E-state index contributed by atoms with van der Waals surface area (Å²) in [6, 6.07) is 2.78. The highest BCUT2D eigenvalue weighted by atomic mass is 79.9. The molecule has 6 nitrogen and oxygen atoms in total. The maximum absolute atomic E-state index is 13.1. The van der Waals surface area contributed by atoms with Gasteiger partial charge >= 0.3 is 12.0 Å². The van der Waals surface area contributed by atoms with E-state index in [4.69, 9.17) is 4.74 Å². The van der Waals surface area contributed by atoms with Gasteiger partial charge in [-0.15, -0.1) is 0 Å². The van der Waals surface area contributed by atoms with E-state index in [1.165, 1.54) is 26.1 Å². The second-order valence-electron chi connectivity index (χ2n) is 3.74. The van der Waals surface area contributed by atoms with Gasteiger partial charge in [0.1, 0.15) is 5.82 Å². The molecule has 0 aliphatic rings. The number of nitrogens with one attached hydrogen (secondary N) is 2. The quantitative estimate of drug-likeness (QED) is 0.814. The smallest absolute Gasteiger partial charge is 0.340 e. The van der Waals surface area contributed by atoms with Gasteiger partial charge in [-0.25, -0.2) is 14.0 Å². The number of hydrogen-bond acceptors (Lipinski definition) is 4. The van der Waals surface area contributed by atoms with Gasteiger partial charge in [-0.1, -0.05) is 0 Å². The van der Waals surface area contributed by atoms with E-state index >= 15 is 0 Å². The van der Waals surface area contributed by atoms with E-state index in [2.05, 4.69) is 21.2 Å². The van der Waals surface area contributed by atoms with Crippen LogP contribution in [0.4, 0.5) is 9.18 Å². The van der Waals surface area contributed by atoms with Crippen molar-refractivity contribution in [2.75, 3.05) is 7.05 Å². The molecule has 1 rings (SSSR count). The second kappa shape index (κ2) is 6.99. The van der Waals surface area contributed by atoms with E-state index in [0.717, 1.165) is 6.07 Å². The zero-order valence-corrected chi connectivity index (χ0v) is 12.3. The highest BCUT2D eigenvalue weighted by Gasteiger charge is 2.22. The van der Waals surface area contributed by atoms with Crippen molar-refractivity contribution in [1.82, 2.24) is 10.6 Å². The lowest BCUT2D eigenvalue weighted by Gasteiger charge is -2.13. The SMILES string of the molecule is CNC(=O)NC(=O)[C@H](C)OC(=O)c1cc(F)ccc1Br. The Labute approximate surface area is 122 Å². The minimum Gasteiger partial charge on any atom is -0.449 e. The fourth-order valence-electron chi connectivity index (χ4n) is 1.21. The predicted molar refractivity (Wildman–Crippen MR) is 71.6 cm³/mol. The molecular formula is C12H12BrFN2O4. The highest BCUT2D eigenvalue weighted by molar-refractivity contribution is 9.10. The van der Waals surface area contributed by atoms with Crippen LogP contribution >= 0.6 is 15.9 Å². The number of carbonyl (C=O) groups is 3. The largest absolute Gasteiger partial charge is 0.449 e. The lowest BCUT2D eigenvalue weighted by atomic mass is 10.2. The molecule has 0 saturated carbocycles. The van der Waals surface area contributed by atoms with Gasteiger partial charge in [0.25, 0.3) is 5.91 Å². The van der Waals surface area contributed by atoms with Crippen molar-refractivity contribution in [2.45, 2.75) is 13.0 Å². The number of imide groups is 1. The monoisotopic (exact) mass is 346 g/mol. The number of benzene rings is 1. The van der Waals surface area contributed by atoms with Gasteiger partial charge in [0.15, 0.2) is 6.10 Å². The molecule has 0 aliphatic heterocycles. The topological polar surface area (TPSA) is 84.5 Å². The van der Waals surface area contributed by atoms with E-state index < -0.39 is 29.8 Å². The van der Waals surface area contributed by atoms with E-state index in [9.17, 15) is 18.8 Å². The van der Waals surface area contributed by atoms with Gasteiger partial charge in [-0.3, -0.25) is 10.1 Å². The second-order valence-corrected chi connectivity index (χ2v) is 4.59. The Hall–Kier alpha value is -1.96. The highest BCUT2D eigenvalue weighted by Crippen LogP contribution is 2.19. The van der Waals surface area contributed by atoms with Crippen LogP contribution in [0.1, 0.15) is 17.3 Å². The summed E-state index contributed by atoms with van der Waals surface area (Å²) < 4.78 is 18.2. The third-order valence-corrected chi connectivity index (χ3v) is 2.96. The number of halogens is 2. The molecule has 108 valence electrons. The van der Waals surface area contributed by atoms with Crippen molar-refractivity contribution >= 4 is 33.8 Å². The summed E-state index contributed by atoms with van der Waals surface area (Å²) in [4.78, 5) is 34.2. The number of hydrogen-bond donors (Lipinski definition) is 2. The lowest BCUT2D eigenvalue weighted by Crippen LogP contribution is -2.43. The van der Waals surface area contributed by atoms with Crippen LogP contribution in [0.2, 0.25) is 0 Å². The van der Waals surface area contributed by atoms with Crippen LogP contribution < -0.4 is 10.6 Å². The molecule has 1 aromatic rings. The van der Waals surface area contributed by atoms with Crippen molar-refractivity contribution in [1.29, 1.82) is 0 Å². The summed E-state index contributed by atoms with van der Waals surface area (Å²) in [5, 5.41) is 4.14. The minimum atomic E-state index is -1.20. The third-order valence-electron chi connectivity index (χ3n) is 2.27. The van der Waals surface area contributed by atoms with Crippen molar-refractivity contribution in [3.05, 3.63) is 34.1 Å². The molecule has 0 saturated heterocycles. The van der Waals surface area contributed by atoms with Crippen LogP contribution in [0.15, 0.2) is 22.7 Å². The summed E-state index contributed by atoms with van der Waals surface area (Å²) in [5.41, 5.74) is -0.0513. The van der Waals surface area contributed by atoms with Crippen molar-refractivity contribution in [3.8, 4) is 0 Å². The Kier molecular flexibility index (Phi) is 5.63. The standard InChI is InChI=1S/C12H12BrFN2O4/c1-6(10(17)16-12(19)15-2)20-11(18)8-5-7(14)3-4-9(8)13/h3-6H,1-2H3,(H2,15,16,17,19)/t6-/m0/s1. The molecule has 0 radical (unpaired) electrons. The van der Waals surface area contributed by atoms with Crippen molar-refractivity contribution < 1.29 is 23.5 Å². The third kappa shape index (κ3) is 4.30. The Balaban J connectivity index is 2.72. The van der Waals surface area contributed by atoms with Gasteiger partial charge in [-0.2, -0.15) is 0 Å². The molecule has 0 unspecified atom stereocenters. The first-order valence-corrected chi connectivity index (χ1v) is 6.33. The van der Waals surface area contributed by atoms with Gasteiger partial charge in [0.2, 0.25) is 0 Å². The Morgan fingerprint density at radius 2 is 2.00 bits per heavy atom. The predicted octanol–water partition coefficient (Wildman–Crippen LogP) is 1.59. The molecular weight excluding hydrogens is 335 g/mol. The summed E-state index contributed by atoms with van der Waals surface area (Å²) in [5.74, 6) is -2.27. The molecule has 0 aromatic heterocycles. The number of ether oxygens (including phenoxy) is 1. The molecule has 0 spiro atoms. The Morgan fingerprint density at radius 1 is 1.35 bits per heavy atom. The van der Waals surface area contributed by atoms with Crippen LogP contribution in [0.3, 0.4) is 0 Å². The van der Waals surface area contributed by atoms with E-state index in [0.29, 0.717) is 4.47 Å². The molecule has 0 aliphatic carbocycles. The first-order valence-electron chi connectivity index (χ1n) is 5.53. The van der Waals surface area contributed by atoms with E-state index in [1.807, 2.05) is 5.32 Å². The van der Waals surface area contributed by atoms with E-state index in [1.54, 1.807) is 0 Å². The molecule has 1 atom stereocenters. The maximum atomic E-state index is 13.1. The number of rotatable bonds is 3. The normalized spacial score (nSPS) is 11.4. The number of carbonyl (C=O) groups excluding carboxylic acids is 3. The molecule has 8 heteroatoms. The van der Waals surface area contributed by atoms with Gasteiger partial charge < -0.3 is 10.1 Å². The minimum absolute atomic E-state index is 0.0513. The van der Waals surface area contributed by atoms with Gasteiger partial charge in [0.05, 0.1) is 5.56 Å². The summed E-state index contributed by atoms with van der Waals surface area (Å²) in [7, 11) is 1.34. The zero-order valence-electron chi connectivity index (χ0n) is 10.7. The first-order chi connectivity index (χ1) is 9.35. The van der Waals surface area contributed by atoms with Crippen molar-refractivity contribution in [3.63, 3.8) is 0 Å². The summed E-state index contributed by atoms with van der Waals surface area (Å²) >= 11 is 3.08. The molecule has 0 bridgehead atoms. The average molecular weight is 347 g/mol. The number of esters is 1. The first kappa shape index (κ1) is 16.1. The van der Waals surface area contributed by atoms with Crippen molar-refractivity contribution in [2.24, 2.45) is 0 Å². The molecule has 0 fully saturated rings. The van der Waals surface area contributed by atoms with Crippen LogP contribution in [0.25, 0.3) is 0 Å². The zero-order chi connectivity index (χ0) is 15.3. The van der Waals surface area contributed by atoms with E-state index in [-0.39, 0.29) is 5.56 Å². The fourth-order valence-corrected chi connectivity index (χ4v) is 1.62. The molecule has 1 aromatic carbocycles. The lowest BCUT2D eigenvalue weighted by molar-refractivity contribution is -0.127.